The highest BCUT2D eigenvalue weighted by Gasteiger charge is 2.45. The molecular weight excluding hydrogens is 480 g/mol. The number of pyridine rings is 2. The Balaban J connectivity index is 1.19. The molecule has 1 spiro atoms. The van der Waals surface area contributed by atoms with Crippen molar-refractivity contribution < 1.29 is 9.53 Å². The molecule has 1 aliphatic carbocycles. The predicted octanol–water partition coefficient (Wildman–Crippen LogP) is 2.38. The summed E-state index contributed by atoms with van der Waals surface area (Å²) in [4.78, 5) is 37.4. The lowest BCUT2D eigenvalue weighted by atomic mass is 9.75. The second-order valence-electron chi connectivity index (χ2n) is 9.65. The van der Waals surface area contributed by atoms with Crippen LogP contribution in [0.2, 0.25) is 0 Å². The fourth-order valence-corrected chi connectivity index (χ4v) is 6.39. The minimum Gasteiger partial charge on any atom is -0.378 e. The summed E-state index contributed by atoms with van der Waals surface area (Å²) in [6.45, 7) is 2.42. The van der Waals surface area contributed by atoms with Crippen LogP contribution in [-0.2, 0) is 16.6 Å². The van der Waals surface area contributed by atoms with E-state index in [1.165, 1.54) is 17.8 Å². The number of anilines is 1. The molecule has 11 nitrogen and oxygen atoms in total. The topological polar surface area (TPSA) is 122 Å². The first-order valence-corrected chi connectivity index (χ1v) is 12.8. The maximum Gasteiger partial charge on any atom is 0.261 e. The second-order valence-corrected chi connectivity index (χ2v) is 10.7. The number of carbonyl (C=O) groups excluding carboxylic acids is 1. The van der Waals surface area contributed by atoms with Crippen molar-refractivity contribution in [1.29, 1.82) is 0 Å². The highest BCUT2D eigenvalue weighted by molar-refractivity contribution is 7.21. The Kier molecular flexibility index (Phi) is 4.78. The van der Waals surface area contributed by atoms with Crippen molar-refractivity contribution in [2.75, 3.05) is 31.6 Å². The average Bonchev–Trinajstić information content (AvgIpc) is 3.52. The van der Waals surface area contributed by atoms with Crippen LogP contribution in [0, 0.1) is 0 Å². The lowest BCUT2D eigenvalue weighted by molar-refractivity contribution is -0.131. The van der Waals surface area contributed by atoms with Gasteiger partial charge in [0, 0.05) is 37.1 Å². The van der Waals surface area contributed by atoms with Gasteiger partial charge >= 0.3 is 0 Å². The zero-order chi connectivity index (χ0) is 24.4. The van der Waals surface area contributed by atoms with Gasteiger partial charge in [0.2, 0.25) is 5.91 Å². The molecule has 2 aliphatic rings. The number of ether oxygens (including phenoxy) is 1. The summed E-state index contributed by atoms with van der Waals surface area (Å²) in [5, 5.41) is 12.3. The second kappa shape index (κ2) is 7.95. The summed E-state index contributed by atoms with van der Waals surface area (Å²) in [5.41, 5.74) is 2.94. The van der Waals surface area contributed by atoms with E-state index in [9.17, 15) is 9.59 Å². The van der Waals surface area contributed by atoms with Crippen molar-refractivity contribution in [2.24, 2.45) is 7.05 Å². The number of nitrogens with zero attached hydrogens (tertiary/aromatic N) is 6. The molecule has 0 atom stereocenters. The maximum absolute atomic E-state index is 13.1. The Labute approximate surface area is 208 Å². The molecule has 0 unspecified atom stereocenters. The number of rotatable bonds is 4. The van der Waals surface area contributed by atoms with E-state index in [1.54, 1.807) is 27.7 Å². The van der Waals surface area contributed by atoms with E-state index < -0.39 is 0 Å². The van der Waals surface area contributed by atoms with Crippen molar-refractivity contribution in [3.63, 3.8) is 0 Å². The number of fused-ring (bicyclic) bond motifs is 5. The first-order chi connectivity index (χ1) is 17.5. The minimum atomic E-state index is -0.238. The molecule has 0 bridgehead atoms. The van der Waals surface area contributed by atoms with Crippen molar-refractivity contribution in [3.05, 3.63) is 41.2 Å². The third kappa shape index (κ3) is 3.36. The van der Waals surface area contributed by atoms with E-state index >= 15 is 0 Å². The Hall–Kier alpha value is -3.61. The molecular formula is C24H24N8O3S. The number of amides is 1. The van der Waals surface area contributed by atoms with E-state index in [0.717, 1.165) is 34.7 Å². The van der Waals surface area contributed by atoms with Crippen LogP contribution in [0.4, 0.5) is 5.69 Å². The van der Waals surface area contributed by atoms with Crippen LogP contribution in [0.15, 0.2) is 35.6 Å². The van der Waals surface area contributed by atoms with Crippen LogP contribution in [0.3, 0.4) is 0 Å². The van der Waals surface area contributed by atoms with Gasteiger partial charge < -0.3 is 15.0 Å². The zero-order valence-electron chi connectivity index (χ0n) is 19.7. The van der Waals surface area contributed by atoms with E-state index in [4.69, 9.17) is 4.74 Å². The van der Waals surface area contributed by atoms with Crippen LogP contribution in [0.25, 0.3) is 37.2 Å². The lowest BCUT2D eigenvalue weighted by Crippen LogP contribution is -2.62. The molecule has 12 heteroatoms. The molecule has 6 heterocycles. The van der Waals surface area contributed by atoms with Crippen molar-refractivity contribution in [1.82, 2.24) is 34.3 Å². The molecule has 0 aromatic carbocycles. The average molecular weight is 505 g/mol. The Morgan fingerprint density at radius 1 is 1.28 bits per heavy atom. The van der Waals surface area contributed by atoms with E-state index in [1.807, 2.05) is 19.4 Å². The van der Waals surface area contributed by atoms with Gasteiger partial charge in [-0.05, 0) is 25.3 Å². The molecule has 1 amide bonds. The van der Waals surface area contributed by atoms with Gasteiger partial charge in [-0.1, -0.05) is 0 Å². The minimum absolute atomic E-state index is 0.0128. The van der Waals surface area contributed by atoms with Gasteiger partial charge in [-0.3, -0.25) is 24.2 Å². The van der Waals surface area contributed by atoms with Crippen LogP contribution >= 0.6 is 11.3 Å². The van der Waals surface area contributed by atoms with Gasteiger partial charge in [-0.15, -0.1) is 11.3 Å². The number of carbonyl (C=O) groups is 1. The number of aromatic nitrogens is 6. The fraction of sp³-hybridized carbons (Fsp3) is 0.375. The number of hydrogen-bond donors (Lipinski definition) is 2. The molecule has 1 aliphatic heterocycles. The molecule has 1 saturated carbocycles. The molecule has 7 rings (SSSR count). The number of nitrogens with one attached hydrogen (secondary N) is 2. The summed E-state index contributed by atoms with van der Waals surface area (Å²) in [5.74, 6) is -0.0989. The molecule has 2 N–H and O–H groups in total. The third-order valence-corrected chi connectivity index (χ3v) is 8.48. The van der Waals surface area contributed by atoms with Crippen molar-refractivity contribution >= 4 is 49.7 Å². The number of H-pyrrole nitrogens is 1. The van der Waals surface area contributed by atoms with Crippen LogP contribution in [0.1, 0.15) is 19.3 Å². The van der Waals surface area contributed by atoms with Crippen molar-refractivity contribution in [2.45, 2.75) is 24.8 Å². The molecule has 0 radical (unpaired) electrons. The first kappa shape index (κ1) is 21.7. The van der Waals surface area contributed by atoms with Gasteiger partial charge in [0.05, 0.1) is 48.2 Å². The van der Waals surface area contributed by atoms with Gasteiger partial charge in [-0.2, -0.15) is 10.2 Å². The van der Waals surface area contributed by atoms with Gasteiger partial charge in [0.15, 0.2) is 0 Å². The molecule has 5 aromatic rings. The van der Waals surface area contributed by atoms with E-state index in [0.29, 0.717) is 47.4 Å². The largest absolute Gasteiger partial charge is 0.378 e. The van der Waals surface area contributed by atoms with Crippen LogP contribution in [0.5, 0.6) is 0 Å². The fourth-order valence-electron chi connectivity index (χ4n) is 5.33. The Morgan fingerprint density at radius 2 is 2.17 bits per heavy atom. The number of aromatic amines is 1. The summed E-state index contributed by atoms with van der Waals surface area (Å²) in [7, 11) is 1.87. The quantitative estimate of drug-likeness (QED) is 0.385. The standard InChI is InChI=1S/C24H24N8O3S/c1-30-10-14(8-26-30)17-11-32-23(36-17)19-21(29-32)20-16(28-22(19)34)7-15(9-25-20)27-18(33)12-31-5-6-35-13-24(31)3-2-4-24/h7-11H,2-6,12-13H2,1H3,(H,27,33)(H,28,34). The van der Waals surface area contributed by atoms with E-state index in [2.05, 4.69) is 30.4 Å². The number of morpholine rings is 1. The molecule has 184 valence electrons. The number of hydrogen-bond acceptors (Lipinski definition) is 8. The summed E-state index contributed by atoms with van der Waals surface area (Å²) < 4.78 is 9.13. The Morgan fingerprint density at radius 3 is 2.94 bits per heavy atom. The third-order valence-electron chi connectivity index (χ3n) is 7.34. The van der Waals surface area contributed by atoms with Gasteiger partial charge in [0.25, 0.3) is 5.56 Å². The predicted molar refractivity (Wildman–Crippen MR) is 136 cm³/mol. The molecule has 2 fully saturated rings. The summed E-state index contributed by atoms with van der Waals surface area (Å²) in [6.07, 6.45) is 10.5. The summed E-state index contributed by atoms with van der Waals surface area (Å²) >= 11 is 1.49. The highest BCUT2D eigenvalue weighted by Crippen LogP contribution is 2.39. The zero-order valence-corrected chi connectivity index (χ0v) is 20.5. The van der Waals surface area contributed by atoms with Gasteiger partial charge in [0.1, 0.15) is 21.3 Å². The smallest absolute Gasteiger partial charge is 0.261 e. The first-order valence-electron chi connectivity index (χ1n) is 11.9. The molecule has 5 aromatic heterocycles. The molecule has 1 saturated heterocycles. The SMILES string of the molecule is Cn1cc(-c2cn3nc4c5ncc(NC(=O)CN6CCOCC67CCC7)cc5[nH]c(=O)c4c3s2)cn1. The van der Waals surface area contributed by atoms with Crippen molar-refractivity contribution in [3.8, 4) is 10.4 Å². The van der Waals surface area contributed by atoms with E-state index in [-0.39, 0.29) is 17.0 Å². The monoisotopic (exact) mass is 504 g/mol. The van der Waals surface area contributed by atoms with Crippen LogP contribution in [-0.4, -0.2) is 72.0 Å². The lowest BCUT2D eigenvalue weighted by Gasteiger charge is -2.52. The number of aryl methyl sites for hydroxylation is 1. The van der Waals surface area contributed by atoms with Gasteiger partial charge in [-0.25, -0.2) is 4.52 Å². The number of thiazole rings is 1. The Bertz CT molecular complexity index is 1710. The normalized spacial score (nSPS) is 17.8. The van der Waals surface area contributed by atoms with Crippen LogP contribution < -0.4 is 10.9 Å². The summed E-state index contributed by atoms with van der Waals surface area (Å²) in [6, 6.07) is 1.74. The molecule has 36 heavy (non-hydrogen) atoms. The highest BCUT2D eigenvalue weighted by atomic mass is 32.1. The maximum atomic E-state index is 13.1.